The Morgan fingerprint density at radius 2 is 2.12 bits per heavy atom. The largest absolute Gasteiger partial charge is 0.494 e. The molecule has 2 fully saturated rings. The molecule has 2 aromatic rings. The van der Waals surface area contributed by atoms with Crippen molar-refractivity contribution < 1.29 is 22.7 Å². The number of Topliss-reactive ketones (excluding diaryl/α,β-unsaturated/α-hetero) is 1. The molecular formula is C25H28F3N3O2. The first-order valence-corrected chi connectivity index (χ1v) is 11.3. The fourth-order valence-electron chi connectivity index (χ4n) is 5.24. The summed E-state index contributed by atoms with van der Waals surface area (Å²) in [4.78, 5) is 17.2. The molecule has 2 unspecified atom stereocenters. The summed E-state index contributed by atoms with van der Waals surface area (Å²) in [6, 6.07) is 5.64. The Balaban J connectivity index is 1.51. The number of rotatable bonds is 9. The summed E-state index contributed by atoms with van der Waals surface area (Å²) in [6.45, 7) is 5.35. The van der Waals surface area contributed by atoms with Crippen molar-refractivity contribution in [1.29, 1.82) is 5.26 Å². The summed E-state index contributed by atoms with van der Waals surface area (Å²) < 4.78 is 49.2. The molecule has 0 spiro atoms. The highest BCUT2D eigenvalue weighted by molar-refractivity contribution is 5.85. The van der Waals surface area contributed by atoms with Crippen LogP contribution in [0.4, 0.5) is 13.2 Å². The van der Waals surface area contributed by atoms with E-state index in [1.807, 2.05) is 6.07 Å². The van der Waals surface area contributed by atoms with Gasteiger partial charge in [0.2, 0.25) is 0 Å². The number of fused-ring (bicyclic) bond motifs is 1. The van der Waals surface area contributed by atoms with Crippen LogP contribution in [0.5, 0.6) is 5.75 Å². The zero-order valence-electron chi connectivity index (χ0n) is 19.0. The summed E-state index contributed by atoms with van der Waals surface area (Å²) in [7, 11) is 1.54. The Kier molecular flexibility index (Phi) is 5.80. The molecule has 2 aliphatic rings. The number of alkyl halides is 3. The quantitative estimate of drug-likeness (QED) is 0.455. The number of hydrogen-bond donors (Lipinski definition) is 0. The number of methoxy groups -OCH3 is 1. The molecule has 0 aliphatic heterocycles. The number of carbonyl (C=O) groups is 1. The first-order chi connectivity index (χ1) is 15.6. The van der Waals surface area contributed by atoms with Gasteiger partial charge in [-0.25, -0.2) is 18.2 Å². The number of allylic oxidation sites excluding steroid dienone is 1. The number of ether oxygens (including phenoxy) is 1. The third-order valence-electron chi connectivity index (χ3n) is 7.40. The van der Waals surface area contributed by atoms with E-state index in [0.717, 1.165) is 30.6 Å². The van der Waals surface area contributed by atoms with Gasteiger partial charge >= 0.3 is 0 Å². The van der Waals surface area contributed by atoms with Gasteiger partial charge in [-0.1, -0.05) is 6.58 Å². The predicted octanol–water partition coefficient (Wildman–Crippen LogP) is 5.65. The molecule has 2 atom stereocenters. The second-order valence-corrected chi connectivity index (χ2v) is 9.55. The van der Waals surface area contributed by atoms with E-state index in [2.05, 4.69) is 24.1 Å². The average molecular weight is 460 g/mol. The van der Waals surface area contributed by atoms with Crippen molar-refractivity contribution >= 4 is 16.8 Å². The smallest absolute Gasteiger partial charge is 0.285 e. The van der Waals surface area contributed by atoms with Crippen LogP contribution in [0, 0.1) is 17.2 Å². The van der Waals surface area contributed by atoms with Gasteiger partial charge < -0.3 is 9.30 Å². The molecule has 1 aromatic heterocycles. The predicted molar refractivity (Wildman–Crippen MR) is 118 cm³/mol. The van der Waals surface area contributed by atoms with E-state index < -0.39 is 23.9 Å². The van der Waals surface area contributed by atoms with Crippen molar-refractivity contribution in [1.82, 2.24) is 9.55 Å². The highest BCUT2D eigenvalue weighted by Crippen LogP contribution is 2.56. The maximum absolute atomic E-state index is 14.4. The third kappa shape index (κ3) is 3.71. The van der Waals surface area contributed by atoms with E-state index in [0.29, 0.717) is 35.7 Å². The summed E-state index contributed by atoms with van der Waals surface area (Å²) in [5, 5.41) is 9.42. The van der Waals surface area contributed by atoms with E-state index in [1.165, 1.54) is 7.11 Å². The Labute approximate surface area is 191 Å². The van der Waals surface area contributed by atoms with E-state index in [9.17, 15) is 23.2 Å². The molecule has 0 amide bonds. The van der Waals surface area contributed by atoms with Crippen LogP contribution in [0.15, 0.2) is 24.8 Å². The number of nitriles is 1. The Morgan fingerprint density at radius 1 is 1.39 bits per heavy atom. The minimum Gasteiger partial charge on any atom is -0.494 e. The molecule has 5 nitrogen and oxygen atoms in total. The van der Waals surface area contributed by atoms with E-state index >= 15 is 0 Å². The monoisotopic (exact) mass is 459 g/mol. The standard InChI is InChI=1S/C25H28F3N3O2/c1-4-24(26)17(14-25(24,27)28)13-18(32)7-5-8-21-30-22-19(31(21)23(2)9-6-10-23)11-16(15-29)12-20(22)33-3/h4,11-12,17H,1,5-10,13-14H2,2-3H3. The molecule has 0 radical (unpaired) electrons. The van der Waals surface area contributed by atoms with Crippen LogP contribution in [0.1, 0.15) is 63.3 Å². The summed E-state index contributed by atoms with van der Waals surface area (Å²) >= 11 is 0. The highest BCUT2D eigenvalue weighted by atomic mass is 19.3. The van der Waals surface area contributed by atoms with Crippen molar-refractivity contribution in [3.63, 3.8) is 0 Å². The Bertz CT molecular complexity index is 1150. The second-order valence-electron chi connectivity index (χ2n) is 9.55. The van der Waals surface area contributed by atoms with Crippen molar-refractivity contribution in [3.8, 4) is 11.8 Å². The Hall–Kier alpha value is -2.82. The molecule has 4 rings (SSSR count). The van der Waals surface area contributed by atoms with Crippen LogP contribution in [-0.4, -0.2) is 34.0 Å². The zero-order valence-corrected chi connectivity index (χ0v) is 19.0. The number of carbonyl (C=O) groups excluding carboxylic acids is 1. The molecule has 2 saturated carbocycles. The molecule has 176 valence electrons. The van der Waals surface area contributed by atoms with E-state index in [4.69, 9.17) is 9.72 Å². The molecule has 0 saturated heterocycles. The molecule has 0 N–H and O–H groups in total. The molecule has 1 aromatic carbocycles. The Morgan fingerprint density at radius 3 is 2.67 bits per heavy atom. The number of nitrogens with zero attached hydrogens (tertiary/aromatic N) is 3. The SMILES string of the molecule is C=CC1(F)C(CC(=O)CCCc2nc3c(OC)cc(C#N)cc3n2C2(C)CCC2)CC1(F)F. The van der Waals surface area contributed by atoms with Crippen LogP contribution in [0.3, 0.4) is 0 Å². The number of ketones is 1. The average Bonchev–Trinajstić information content (AvgIpc) is 3.13. The molecule has 1 heterocycles. The first kappa shape index (κ1) is 23.3. The second kappa shape index (κ2) is 8.19. The lowest BCUT2D eigenvalue weighted by Crippen LogP contribution is -2.60. The topological polar surface area (TPSA) is 67.9 Å². The number of imidazole rings is 1. The van der Waals surface area contributed by atoms with Crippen LogP contribution < -0.4 is 4.74 Å². The van der Waals surface area contributed by atoms with Gasteiger partial charge in [0.25, 0.3) is 5.92 Å². The van der Waals surface area contributed by atoms with Crippen molar-refractivity contribution in [2.75, 3.05) is 7.11 Å². The van der Waals surface area contributed by atoms with Crippen molar-refractivity contribution in [2.45, 2.75) is 75.4 Å². The number of hydrogen-bond acceptors (Lipinski definition) is 4. The van der Waals surface area contributed by atoms with Gasteiger partial charge in [-0.3, -0.25) is 4.79 Å². The molecule has 0 bridgehead atoms. The molecule has 33 heavy (non-hydrogen) atoms. The minimum absolute atomic E-state index is 0.123. The van der Waals surface area contributed by atoms with Crippen molar-refractivity contribution in [2.24, 2.45) is 5.92 Å². The van der Waals surface area contributed by atoms with Gasteiger partial charge in [0.15, 0.2) is 5.67 Å². The van der Waals surface area contributed by atoms with Crippen LogP contribution in [-0.2, 0) is 16.8 Å². The van der Waals surface area contributed by atoms with E-state index in [-0.39, 0.29) is 24.2 Å². The van der Waals surface area contributed by atoms with Gasteiger partial charge in [-0.05, 0) is 44.7 Å². The summed E-state index contributed by atoms with van der Waals surface area (Å²) in [6.07, 6.45) is 4.01. The van der Waals surface area contributed by atoms with Gasteiger partial charge in [-0.15, -0.1) is 0 Å². The fraction of sp³-hybridized carbons (Fsp3) is 0.560. The fourth-order valence-corrected chi connectivity index (χ4v) is 5.24. The number of benzene rings is 1. The van der Waals surface area contributed by atoms with Crippen molar-refractivity contribution in [3.05, 3.63) is 36.2 Å². The number of halogens is 3. The lowest BCUT2D eigenvalue weighted by atomic mass is 9.65. The summed E-state index contributed by atoms with van der Waals surface area (Å²) in [5.74, 6) is -3.39. The molecule has 8 heteroatoms. The summed E-state index contributed by atoms with van der Waals surface area (Å²) in [5.41, 5.74) is -0.929. The molecule has 2 aliphatic carbocycles. The normalized spacial score (nSPS) is 25.0. The zero-order chi connectivity index (χ0) is 24.0. The van der Waals surface area contributed by atoms with Crippen LogP contribution in [0.2, 0.25) is 0 Å². The lowest BCUT2D eigenvalue weighted by molar-refractivity contribution is -0.226. The molecular weight excluding hydrogens is 431 g/mol. The van der Waals surface area contributed by atoms with Crippen LogP contribution in [0.25, 0.3) is 11.0 Å². The van der Waals surface area contributed by atoms with Gasteiger partial charge in [-0.2, -0.15) is 5.26 Å². The van der Waals surface area contributed by atoms with E-state index in [1.54, 1.807) is 6.07 Å². The van der Waals surface area contributed by atoms with Gasteiger partial charge in [0.05, 0.1) is 24.3 Å². The first-order valence-electron chi connectivity index (χ1n) is 11.3. The number of aryl methyl sites for hydroxylation is 1. The van der Waals surface area contributed by atoms with Gasteiger partial charge in [0, 0.05) is 43.2 Å². The minimum atomic E-state index is -3.45. The lowest BCUT2D eigenvalue weighted by Gasteiger charge is -2.47. The van der Waals surface area contributed by atoms with Crippen LogP contribution >= 0.6 is 0 Å². The maximum atomic E-state index is 14.4. The maximum Gasteiger partial charge on any atom is 0.285 e. The highest BCUT2D eigenvalue weighted by Gasteiger charge is 2.68. The number of aromatic nitrogens is 2. The van der Waals surface area contributed by atoms with Gasteiger partial charge in [0.1, 0.15) is 22.9 Å². The third-order valence-corrected chi connectivity index (χ3v) is 7.40.